The van der Waals surface area contributed by atoms with Crippen LogP contribution in [0.15, 0.2) is 32.7 Å². The Labute approximate surface area is 105 Å². The first kappa shape index (κ1) is 11.2. The van der Waals surface area contributed by atoms with Gasteiger partial charge < -0.3 is 0 Å². The van der Waals surface area contributed by atoms with Crippen LogP contribution in [0.4, 0.5) is 0 Å². The van der Waals surface area contributed by atoms with E-state index in [0.717, 1.165) is 15.2 Å². The minimum absolute atomic E-state index is 0.618. The van der Waals surface area contributed by atoms with Crippen LogP contribution >= 0.6 is 27.7 Å². The zero-order valence-corrected chi connectivity index (χ0v) is 10.8. The van der Waals surface area contributed by atoms with E-state index in [4.69, 9.17) is 5.26 Å². The van der Waals surface area contributed by atoms with Gasteiger partial charge in [-0.2, -0.15) is 5.26 Å². The molecule has 1 aromatic heterocycles. The average Bonchev–Trinajstić information content (AvgIpc) is 2.64. The molecule has 0 radical (unpaired) electrons. The normalized spacial score (nSPS) is 10.1. The molecule has 0 aliphatic rings. The molecule has 4 nitrogen and oxygen atoms in total. The Morgan fingerprint density at radius 1 is 1.50 bits per heavy atom. The minimum Gasteiger partial charge on any atom is -0.262 e. The van der Waals surface area contributed by atoms with Crippen LogP contribution in [-0.4, -0.2) is 15.2 Å². The summed E-state index contributed by atoms with van der Waals surface area (Å²) in [6.45, 7) is 1.84. The summed E-state index contributed by atoms with van der Waals surface area (Å²) in [6.07, 6.45) is 0. The van der Waals surface area contributed by atoms with Crippen molar-refractivity contribution in [1.29, 1.82) is 5.26 Å². The molecule has 0 saturated heterocycles. The molecule has 0 fully saturated rings. The minimum atomic E-state index is 0.618. The van der Waals surface area contributed by atoms with Crippen molar-refractivity contribution in [3.05, 3.63) is 34.1 Å². The van der Waals surface area contributed by atoms with Crippen molar-refractivity contribution in [1.82, 2.24) is 15.2 Å². The van der Waals surface area contributed by atoms with Gasteiger partial charge in [0.05, 0.1) is 5.56 Å². The zero-order chi connectivity index (χ0) is 11.5. The molecule has 0 aliphatic carbocycles. The molecule has 2 aromatic rings. The van der Waals surface area contributed by atoms with Crippen molar-refractivity contribution < 1.29 is 0 Å². The molecular formula is C10H7BrN4S. The molecule has 0 saturated carbocycles. The molecule has 0 amide bonds. The highest BCUT2D eigenvalue weighted by molar-refractivity contribution is 9.10. The summed E-state index contributed by atoms with van der Waals surface area (Å²) in [5.41, 5.74) is 0.621. The molecule has 0 spiro atoms. The molecule has 1 aromatic carbocycles. The van der Waals surface area contributed by atoms with Crippen LogP contribution in [-0.2, 0) is 0 Å². The predicted molar refractivity (Wildman–Crippen MR) is 64.1 cm³/mol. The first-order valence-corrected chi connectivity index (χ1v) is 6.06. The Kier molecular flexibility index (Phi) is 3.27. The van der Waals surface area contributed by atoms with Gasteiger partial charge in [0.1, 0.15) is 11.9 Å². The fourth-order valence-corrected chi connectivity index (χ4v) is 2.53. The van der Waals surface area contributed by atoms with Gasteiger partial charge in [0.15, 0.2) is 0 Å². The van der Waals surface area contributed by atoms with E-state index in [-0.39, 0.29) is 0 Å². The van der Waals surface area contributed by atoms with Crippen LogP contribution in [0, 0.1) is 18.3 Å². The van der Waals surface area contributed by atoms with E-state index in [1.54, 1.807) is 6.07 Å². The van der Waals surface area contributed by atoms with Crippen LogP contribution in [0.25, 0.3) is 0 Å². The number of hydrogen-bond acceptors (Lipinski definition) is 4. The first-order valence-electron chi connectivity index (χ1n) is 4.45. The molecule has 1 N–H and O–H groups in total. The lowest BCUT2D eigenvalue weighted by molar-refractivity contribution is 0.969. The fourth-order valence-electron chi connectivity index (χ4n) is 1.14. The van der Waals surface area contributed by atoms with Gasteiger partial charge in [-0.25, -0.2) is 4.98 Å². The van der Waals surface area contributed by atoms with Crippen molar-refractivity contribution in [3.63, 3.8) is 0 Å². The van der Waals surface area contributed by atoms with Crippen molar-refractivity contribution >= 4 is 27.7 Å². The van der Waals surface area contributed by atoms with Crippen LogP contribution in [0.1, 0.15) is 11.4 Å². The van der Waals surface area contributed by atoms with Gasteiger partial charge in [0.25, 0.3) is 0 Å². The van der Waals surface area contributed by atoms with E-state index in [1.807, 2.05) is 19.1 Å². The van der Waals surface area contributed by atoms with Crippen LogP contribution in [0.5, 0.6) is 0 Å². The summed E-state index contributed by atoms with van der Waals surface area (Å²) in [4.78, 5) is 5.03. The highest BCUT2D eigenvalue weighted by Crippen LogP contribution is 2.30. The van der Waals surface area contributed by atoms with E-state index in [1.165, 1.54) is 11.8 Å². The number of nitriles is 1. The third-order valence-corrected chi connectivity index (χ3v) is 3.26. The number of nitrogens with one attached hydrogen (secondary N) is 1. The number of aryl methyl sites for hydroxylation is 1. The quantitative estimate of drug-likeness (QED) is 0.925. The van der Waals surface area contributed by atoms with Crippen molar-refractivity contribution in [2.75, 3.05) is 0 Å². The molecule has 0 bridgehead atoms. The lowest BCUT2D eigenvalue weighted by Gasteiger charge is -2.00. The molecule has 0 unspecified atom stereocenters. The number of aromatic nitrogens is 3. The van der Waals surface area contributed by atoms with Gasteiger partial charge in [-0.3, -0.25) is 5.10 Å². The Morgan fingerprint density at radius 2 is 2.31 bits per heavy atom. The molecule has 2 rings (SSSR count). The molecule has 6 heteroatoms. The topological polar surface area (TPSA) is 65.4 Å². The monoisotopic (exact) mass is 294 g/mol. The van der Waals surface area contributed by atoms with E-state index < -0.39 is 0 Å². The lowest BCUT2D eigenvalue weighted by atomic mass is 10.2. The average molecular weight is 295 g/mol. The zero-order valence-electron chi connectivity index (χ0n) is 8.36. The maximum atomic E-state index is 8.97. The smallest absolute Gasteiger partial charge is 0.213 e. The summed E-state index contributed by atoms with van der Waals surface area (Å²) in [6, 6.07) is 7.64. The summed E-state index contributed by atoms with van der Waals surface area (Å²) >= 11 is 4.74. The van der Waals surface area contributed by atoms with E-state index in [0.29, 0.717) is 10.7 Å². The molecule has 1 heterocycles. The third-order valence-electron chi connectivity index (χ3n) is 1.84. The van der Waals surface area contributed by atoms with Gasteiger partial charge in [-0.1, -0.05) is 15.9 Å². The van der Waals surface area contributed by atoms with Crippen LogP contribution < -0.4 is 0 Å². The van der Waals surface area contributed by atoms with Gasteiger partial charge in [0, 0.05) is 9.37 Å². The van der Waals surface area contributed by atoms with Crippen LogP contribution in [0.2, 0.25) is 0 Å². The number of aromatic amines is 1. The molecule has 0 atom stereocenters. The molecule has 80 valence electrons. The summed E-state index contributed by atoms with van der Waals surface area (Å²) in [5.74, 6) is 0.760. The number of benzene rings is 1. The SMILES string of the molecule is Cc1nc(Sc2cc(Br)ccc2C#N)n[nH]1. The highest BCUT2D eigenvalue weighted by atomic mass is 79.9. The number of hydrogen-bond donors (Lipinski definition) is 1. The van der Waals surface area contributed by atoms with Gasteiger partial charge in [-0.15, -0.1) is 5.10 Å². The summed E-state index contributed by atoms with van der Waals surface area (Å²) in [5, 5.41) is 16.4. The van der Waals surface area contributed by atoms with Gasteiger partial charge >= 0.3 is 0 Å². The number of rotatable bonds is 2. The standard InChI is InChI=1S/C10H7BrN4S/c1-6-13-10(15-14-6)16-9-4-8(11)3-2-7(9)5-12/h2-4H,1H3,(H,13,14,15). The third kappa shape index (κ3) is 2.43. The fraction of sp³-hybridized carbons (Fsp3) is 0.100. The maximum Gasteiger partial charge on any atom is 0.213 e. The number of nitrogens with zero attached hydrogens (tertiary/aromatic N) is 3. The Morgan fingerprint density at radius 3 is 2.94 bits per heavy atom. The number of halogens is 1. The molecule has 16 heavy (non-hydrogen) atoms. The van der Waals surface area contributed by atoms with Crippen molar-refractivity contribution in [2.45, 2.75) is 17.0 Å². The van der Waals surface area contributed by atoms with E-state index in [9.17, 15) is 0 Å². The van der Waals surface area contributed by atoms with E-state index in [2.05, 4.69) is 37.2 Å². The van der Waals surface area contributed by atoms with E-state index >= 15 is 0 Å². The molecular weight excluding hydrogens is 288 g/mol. The largest absolute Gasteiger partial charge is 0.262 e. The Balaban J connectivity index is 2.34. The predicted octanol–water partition coefficient (Wildman–Crippen LogP) is 2.90. The Bertz CT molecular complexity index is 558. The lowest BCUT2D eigenvalue weighted by Crippen LogP contribution is -1.83. The van der Waals surface area contributed by atoms with Crippen molar-refractivity contribution in [2.24, 2.45) is 0 Å². The second-order valence-electron chi connectivity index (χ2n) is 3.06. The first-order chi connectivity index (χ1) is 7.69. The maximum absolute atomic E-state index is 8.97. The van der Waals surface area contributed by atoms with Crippen molar-refractivity contribution in [3.8, 4) is 6.07 Å². The summed E-state index contributed by atoms with van der Waals surface area (Å²) < 4.78 is 0.932. The van der Waals surface area contributed by atoms with Gasteiger partial charge in [-0.05, 0) is 36.9 Å². The van der Waals surface area contributed by atoms with Crippen LogP contribution in [0.3, 0.4) is 0 Å². The number of H-pyrrole nitrogens is 1. The highest BCUT2D eigenvalue weighted by Gasteiger charge is 2.08. The Hall–Kier alpha value is -1.32. The van der Waals surface area contributed by atoms with Gasteiger partial charge in [0.2, 0.25) is 5.16 Å². The molecule has 0 aliphatic heterocycles. The second-order valence-corrected chi connectivity index (χ2v) is 4.98. The second kappa shape index (κ2) is 4.68. The summed E-state index contributed by atoms with van der Waals surface area (Å²) in [7, 11) is 0.